The number of aromatic amines is 1. The monoisotopic (exact) mass is 211 g/mol. The van der Waals surface area contributed by atoms with Gasteiger partial charge in [0.1, 0.15) is 11.6 Å². The van der Waals surface area contributed by atoms with Gasteiger partial charge in [-0.25, -0.2) is 4.98 Å². The highest BCUT2D eigenvalue weighted by molar-refractivity contribution is 5.79. The van der Waals surface area contributed by atoms with Gasteiger partial charge in [-0.2, -0.15) is 0 Å². The fourth-order valence-electron chi connectivity index (χ4n) is 1.65. The van der Waals surface area contributed by atoms with Crippen molar-refractivity contribution >= 4 is 11.0 Å². The molecule has 0 bridgehead atoms. The predicted octanol–water partition coefficient (Wildman–Crippen LogP) is 2.33. The average molecular weight is 211 g/mol. The third-order valence-corrected chi connectivity index (χ3v) is 2.39. The quantitative estimate of drug-likeness (QED) is 0.649. The number of imidazole rings is 1. The van der Waals surface area contributed by atoms with Crippen LogP contribution in [0.15, 0.2) is 42.7 Å². The van der Waals surface area contributed by atoms with Crippen molar-refractivity contribution in [3.63, 3.8) is 0 Å². The van der Waals surface area contributed by atoms with Gasteiger partial charge in [-0.1, -0.05) is 12.1 Å². The van der Waals surface area contributed by atoms with E-state index in [1.54, 1.807) is 12.3 Å². The number of hydrogen-bond acceptors (Lipinski definition) is 3. The molecule has 0 amide bonds. The number of fused-ring (bicyclic) bond motifs is 1. The maximum absolute atomic E-state index is 9.35. The first-order valence-electron chi connectivity index (χ1n) is 4.92. The van der Waals surface area contributed by atoms with E-state index in [4.69, 9.17) is 0 Å². The van der Waals surface area contributed by atoms with Crippen molar-refractivity contribution in [2.45, 2.75) is 0 Å². The summed E-state index contributed by atoms with van der Waals surface area (Å²) in [7, 11) is 0. The summed E-state index contributed by atoms with van der Waals surface area (Å²) >= 11 is 0. The van der Waals surface area contributed by atoms with E-state index in [0.29, 0.717) is 5.82 Å². The summed E-state index contributed by atoms with van der Waals surface area (Å²) in [5.41, 5.74) is 2.65. The van der Waals surface area contributed by atoms with Crippen LogP contribution in [-0.4, -0.2) is 20.1 Å². The molecule has 3 aromatic rings. The second-order valence-electron chi connectivity index (χ2n) is 3.53. The van der Waals surface area contributed by atoms with Crippen LogP contribution in [0.4, 0.5) is 0 Å². The maximum atomic E-state index is 9.35. The summed E-state index contributed by atoms with van der Waals surface area (Å²) < 4.78 is 0. The molecule has 0 aliphatic carbocycles. The largest absolute Gasteiger partial charge is 0.506 e. The molecule has 2 N–H and O–H groups in total. The zero-order valence-electron chi connectivity index (χ0n) is 8.38. The van der Waals surface area contributed by atoms with Crippen molar-refractivity contribution in [2.75, 3.05) is 0 Å². The molecule has 0 spiro atoms. The molecule has 16 heavy (non-hydrogen) atoms. The molecule has 0 aliphatic rings. The molecule has 0 unspecified atom stereocenters. The summed E-state index contributed by atoms with van der Waals surface area (Å²) in [6, 6.07) is 9.41. The van der Waals surface area contributed by atoms with E-state index in [0.717, 1.165) is 16.6 Å². The number of aromatic hydroxyl groups is 1. The van der Waals surface area contributed by atoms with Crippen LogP contribution in [0, 0.1) is 0 Å². The van der Waals surface area contributed by atoms with Gasteiger partial charge in [0.05, 0.1) is 17.2 Å². The summed E-state index contributed by atoms with van der Waals surface area (Å²) in [5, 5.41) is 9.35. The molecule has 0 fully saturated rings. The van der Waals surface area contributed by atoms with E-state index in [2.05, 4.69) is 15.0 Å². The second-order valence-corrected chi connectivity index (χ2v) is 3.53. The van der Waals surface area contributed by atoms with Gasteiger partial charge in [-0.15, -0.1) is 0 Å². The van der Waals surface area contributed by atoms with Crippen molar-refractivity contribution in [2.24, 2.45) is 0 Å². The Bertz CT molecular complexity index is 612. The molecule has 1 aromatic carbocycles. The third-order valence-electron chi connectivity index (χ3n) is 2.39. The van der Waals surface area contributed by atoms with E-state index >= 15 is 0 Å². The van der Waals surface area contributed by atoms with Gasteiger partial charge >= 0.3 is 0 Å². The fourth-order valence-corrected chi connectivity index (χ4v) is 1.65. The lowest BCUT2D eigenvalue weighted by atomic mass is 10.2. The minimum Gasteiger partial charge on any atom is -0.506 e. The van der Waals surface area contributed by atoms with Crippen molar-refractivity contribution in [1.29, 1.82) is 0 Å². The predicted molar refractivity (Wildman–Crippen MR) is 61.0 cm³/mol. The highest BCUT2D eigenvalue weighted by Crippen LogP contribution is 2.21. The molecular weight excluding hydrogens is 202 g/mol. The standard InChI is InChI=1S/C12H9N3O/c16-9-5-8(6-13-7-9)12-14-10-3-1-2-4-11(10)15-12/h1-7,16H,(H,14,15). The number of benzene rings is 1. The minimum absolute atomic E-state index is 0.137. The lowest BCUT2D eigenvalue weighted by Crippen LogP contribution is -1.81. The number of H-pyrrole nitrogens is 1. The fraction of sp³-hybridized carbons (Fsp3) is 0. The maximum Gasteiger partial charge on any atom is 0.140 e. The smallest absolute Gasteiger partial charge is 0.140 e. The van der Waals surface area contributed by atoms with Gasteiger partial charge in [0.15, 0.2) is 0 Å². The first kappa shape index (κ1) is 8.91. The molecule has 0 radical (unpaired) electrons. The third kappa shape index (κ3) is 1.40. The number of rotatable bonds is 1. The summed E-state index contributed by atoms with van der Waals surface area (Å²) in [6.07, 6.45) is 3.06. The number of hydrogen-bond donors (Lipinski definition) is 2. The van der Waals surface area contributed by atoms with Gasteiger partial charge in [-0.05, 0) is 18.2 Å². The van der Waals surface area contributed by atoms with Crippen LogP contribution >= 0.6 is 0 Å². The minimum atomic E-state index is 0.137. The Kier molecular flexibility index (Phi) is 1.86. The van der Waals surface area contributed by atoms with Gasteiger partial charge in [-0.3, -0.25) is 4.98 Å². The Morgan fingerprint density at radius 2 is 2.00 bits per heavy atom. The second kappa shape index (κ2) is 3.34. The molecule has 0 atom stereocenters. The van der Waals surface area contributed by atoms with Crippen LogP contribution < -0.4 is 0 Å². The normalized spacial score (nSPS) is 10.8. The first-order chi connectivity index (χ1) is 7.83. The summed E-state index contributed by atoms with van der Waals surface area (Å²) in [4.78, 5) is 11.5. The van der Waals surface area contributed by atoms with E-state index in [9.17, 15) is 5.11 Å². The van der Waals surface area contributed by atoms with Crippen molar-refractivity contribution in [3.05, 3.63) is 42.7 Å². The zero-order valence-corrected chi connectivity index (χ0v) is 8.38. The van der Waals surface area contributed by atoms with Crippen molar-refractivity contribution in [3.8, 4) is 17.1 Å². The van der Waals surface area contributed by atoms with Gasteiger partial charge in [0, 0.05) is 11.8 Å². The number of pyridine rings is 1. The van der Waals surface area contributed by atoms with Gasteiger partial charge in [0.2, 0.25) is 0 Å². The molecule has 2 heterocycles. The number of aromatic nitrogens is 3. The average Bonchev–Trinajstić information content (AvgIpc) is 2.72. The Morgan fingerprint density at radius 3 is 2.81 bits per heavy atom. The van der Waals surface area contributed by atoms with E-state index < -0.39 is 0 Å². The highest BCUT2D eigenvalue weighted by Gasteiger charge is 2.05. The molecule has 0 saturated heterocycles. The number of nitrogens with zero attached hydrogens (tertiary/aromatic N) is 2. The van der Waals surface area contributed by atoms with E-state index in [-0.39, 0.29) is 5.75 Å². The molecule has 4 nitrogen and oxygen atoms in total. The summed E-state index contributed by atoms with van der Waals surface area (Å²) in [5.74, 6) is 0.850. The lowest BCUT2D eigenvalue weighted by Gasteiger charge is -1.95. The molecule has 0 saturated carbocycles. The first-order valence-corrected chi connectivity index (χ1v) is 4.92. The van der Waals surface area contributed by atoms with Crippen molar-refractivity contribution in [1.82, 2.24) is 15.0 Å². The molecule has 4 heteroatoms. The van der Waals surface area contributed by atoms with Crippen LogP contribution in [0.1, 0.15) is 0 Å². The van der Waals surface area contributed by atoms with Crippen LogP contribution in [-0.2, 0) is 0 Å². The molecule has 3 rings (SSSR count). The van der Waals surface area contributed by atoms with Crippen LogP contribution in [0.5, 0.6) is 5.75 Å². The van der Waals surface area contributed by atoms with Crippen LogP contribution in [0.25, 0.3) is 22.4 Å². The molecule has 0 aliphatic heterocycles. The lowest BCUT2D eigenvalue weighted by molar-refractivity contribution is 0.473. The molecular formula is C12H9N3O. The van der Waals surface area contributed by atoms with E-state index in [1.807, 2.05) is 24.3 Å². The number of nitrogens with one attached hydrogen (secondary N) is 1. The zero-order chi connectivity index (χ0) is 11.0. The van der Waals surface area contributed by atoms with Gasteiger partial charge < -0.3 is 10.1 Å². The van der Waals surface area contributed by atoms with E-state index in [1.165, 1.54) is 6.20 Å². The Balaban J connectivity index is 2.19. The molecule has 2 aromatic heterocycles. The van der Waals surface area contributed by atoms with Gasteiger partial charge in [0.25, 0.3) is 0 Å². The number of para-hydroxylation sites is 2. The molecule has 78 valence electrons. The van der Waals surface area contributed by atoms with Crippen molar-refractivity contribution < 1.29 is 5.11 Å². The van der Waals surface area contributed by atoms with Crippen LogP contribution in [0.2, 0.25) is 0 Å². The Hall–Kier alpha value is -2.36. The summed E-state index contributed by atoms with van der Waals surface area (Å²) in [6.45, 7) is 0. The topological polar surface area (TPSA) is 61.8 Å². The SMILES string of the molecule is Oc1cncc(-c2nc3ccccc3[nH]2)c1. The Labute approximate surface area is 91.6 Å². The Morgan fingerprint density at radius 1 is 1.12 bits per heavy atom. The highest BCUT2D eigenvalue weighted by atomic mass is 16.3. The van der Waals surface area contributed by atoms with Crippen LogP contribution in [0.3, 0.4) is 0 Å².